The van der Waals surface area contributed by atoms with Gasteiger partial charge in [-0.1, -0.05) is 0 Å². The molecule has 4 fully saturated rings. The summed E-state index contributed by atoms with van der Waals surface area (Å²) in [7, 11) is 1.62. The van der Waals surface area contributed by atoms with Gasteiger partial charge in [0, 0.05) is 5.56 Å². The van der Waals surface area contributed by atoms with E-state index in [1.807, 2.05) is 24.3 Å². The Morgan fingerprint density at radius 2 is 1.71 bits per heavy atom. The highest BCUT2D eigenvalue weighted by Crippen LogP contribution is 2.61. The number of ether oxygens (including phenoxy) is 2. The highest BCUT2D eigenvalue weighted by Gasteiger charge is 2.51. The van der Waals surface area contributed by atoms with Crippen molar-refractivity contribution in [1.82, 2.24) is 10.2 Å². The number of carbonyl (C=O) groups is 1. The largest absolute Gasteiger partial charge is 0.497 e. The summed E-state index contributed by atoms with van der Waals surface area (Å²) in [5.74, 6) is 3.87. The second-order valence-corrected chi connectivity index (χ2v) is 8.98. The van der Waals surface area contributed by atoms with Crippen molar-refractivity contribution in [2.75, 3.05) is 7.11 Å². The Hall–Kier alpha value is -2.37. The maximum absolute atomic E-state index is 12.5. The Morgan fingerprint density at radius 1 is 1.07 bits per heavy atom. The van der Waals surface area contributed by atoms with E-state index >= 15 is 0 Å². The number of nitrogens with zero attached hydrogens (tertiary/aromatic N) is 2. The summed E-state index contributed by atoms with van der Waals surface area (Å²) in [6.45, 7) is 0.0361. The zero-order valence-electron chi connectivity index (χ0n) is 16.2. The molecule has 28 heavy (non-hydrogen) atoms. The van der Waals surface area contributed by atoms with E-state index in [-0.39, 0.29) is 18.0 Å². The molecule has 1 aromatic heterocycles. The fourth-order valence-electron chi connectivity index (χ4n) is 6.17. The summed E-state index contributed by atoms with van der Waals surface area (Å²) >= 11 is 0. The maximum atomic E-state index is 12.5. The minimum Gasteiger partial charge on any atom is -0.497 e. The molecule has 0 aliphatic heterocycles. The molecule has 4 bridgehead atoms. The van der Waals surface area contributed by atoms with Crippen molar-refractivity contribution in [1.29, 1.82) is 0 Å². The molecule has 6 rings (SSSR count). The Bertz CT molecular complexity index is 822. The molecule has 0 N–H and O–H groups in total. The number of rotatable bonds is 6. The summed E-state index contributed by atoms with van der Waals surface area (Å²) in [5, 5.41) is 8.06. The number of esters is 1. The minimum atomic E-state index is -0.133. The Balaban J connectivity index is 1.18. The molecule has 1 heterocycles. The molecule has 6 nitrogen and oxygen atoms in total. The average Bonchev–Trinajstić information content (AvgIpc) is 3.14. The van der Waals surface area contributed by atoms with Crippen LogP contribution in [0.25, 0.3) is 11.5 Å². The number of methoxy groups -OCH3 is 1. The Kier molecular flexibility index (Phi) is 4.37. The van der Waals surface area contributed by atoms with Gasteiger partial charge in [0.2, 0.25) is 5.89 Å². The molecule has 0 radical (unpaired) electrons. The first-order valence-corrected chi connectivity index (χ1v) is 10.2. The molecule has 0 atom stereocenters. The van der Waals surface area contributed by atoms with Gasteiger partial charge in [-0.25, -0.2) is 0 Å². The van der Waals surface area contributed by atoms with Gasteiger partial charge < -0.3 is 13.9 Å². The summed E-state index contributed by atoms with van der Waals surface area (Å²) < 4.78 is 16.3. The van der Waals surface area contributed by atoms with E-state index in [9.17, 15) is 4.79 Å². The van der Waals surface area contributed by atoms with Crippen LogP contribution in [-0.4, -0.2) is 23.3 Å². The first kappa shape index (κ1) is 17.7. The molecule has 0 unspecified atom stereocenters. The fraction of sp³-hybridized carbons (Fsp3) is 0.591. The number of aromatic nitrogens is 2. The van der Waals surface area contributed by atoms with Gasteiger partial charge >= 0.3 is 5.97 Å². The first-order chi connectivity index (χ1) is 13.6. The van der Waals surface area contributed by atoms with E-state index < -0.39 is 0 Å². The van der Waals surface area contributed by atoms with Gasteiger partial charge in [0.1, 0.15) is 5.75 Å². The summed E-state index contributed by atoms with van der Waals surface area (Å²) in [4.78, 5) is 12.5. The van der Waals surface area contributed by atoms with Crippen LogP contribution in [0, 0.1) is 23.2 Å². The highest BCUT2D eigenvalue weighted by molar-refractivity contribution is 5.70. The predicted octanol–water partition coefficient (Wildman–Crippen LogP) is 4.39. The molecule has 6 heteroatoms. The number of hydrogen-bond donors (Lipinski definition) is 0. The van der Waals surface area contributed by atoms with E-state index in [2.05, 4.69) is 10.2 Å². The van der Waals surface area contributed by atoms with Crippen LogP contribution in [0.3, 0.4) is 0 Å². The molecule has 4 aliphatic carbocycles. The fourth-order valence-corrected chi connectivity index (χ4v) is 6.17. The van der Waals surface area contributed by atoms with Crippen LogP contribution in [0.15, 0.2) is 28.7 Å². The summed E-state index contributed by atoms with van der Waals surface area (Å²) in [5.41, 5.74) is 0.994. The van der Waals surface area contributed by atoms with Gasteiger partial charge in [-0.05, 0) is 86.0 Å². The quantitative estimate of drug-likeness (QED) is 0.690. The molecule has 1 aromatic carbocycles. The zero-order chi connectivity index (χ0) is 19.1. The molecule has 4 saturated carbocycles. The number of benzene rings is 1. The van der Waals surface area contributed by atoms with Crippen molar-refractivity contribution in [3.05, 3.63) is 30.2 Å². The van der Waals surface area contributed by atoms with Gasteiger partial charge in [0.25, 0.3) is 5.89 Å². The third kappa shape index (κ3) is 3.40. The van der Waals surface area contributed by atoms with Crippen molar-refractivity contribution in [2.24, 2.45) is 23.2 Å². The predicted molar refractivity (Wildman–Crippen MR) is 101 cm³/mol. The standard InChI is InChI=1S/C22H26N2O4/c1-26-18-4-2-17(3-5-18)21-24-23-19(28-21)13-27-20(25)12-22-9-14-6-15(10-22)8-16(7-14)11-22/h2-5,14-16H,6-13H2,1H3. The molecule has 0 saturated heterocycles. The molecule has 148 valence electrons. The molecule has 0 amide bonds. The lowest BCUT2D eigenvalue weighted by Crippen LogP contribution is -2.47. The molecule has 4 aliphatic rings. The van der Waals surface area contributed by atoms with Crippen molar-refractivity contribution in [3.8, 4) is 17.2 Å². The lowest BCUT2D eigenvalue weighted by molar-refractivity contribution is -0.154. The van der Waals surface area contributed by atoms with Crippen LogP contribution in [0.1, 0.15) is 50.8 Å². The van der Waals surface area contributed by atoms with E-state index in [0.717, 1.165) is 29.1 Å². The molecule has 2 aromatic rings. The van der Waals surface area contributed by atoms with Crippen molar-refractivity contribution in [3.63, 3.8) is 0 Å². The Labute approximate surface area is 164 Å². The van der Waals surface area contributed by atoms with Crippen LogP contribution < -0.4 is 4.74 Å². The maximum Gasteiger partial charge on any atom is 0.306 e. The second-order valence-electron chi connectivity index (χ2n) is 8.98. The van der Waals surface area contributed by atoms with Gasteiger partial charge in [0.05, 0.1) is 13.5 Å². The smallest absolute Gasteiger partial charge is 0.306 e. The monoisotopic (exact) mass is 382 g/mol. The average molecular weight is 382 g/mol. The number of carbonyl (C=O) groups excluding carboxylic acids is 1. The topological polar surface area (TPSA) is 74.5 Å². The lowest BCUT2D eigenvalue weighted by atomic mass is 9.49. The van der Waals surface area contributed by atoms with E-state index in [4.69, 9.17) is 13.9 Å². The molecule has 0 spiro atoms. The van der Waals surface area contributed by atoms with Crippen LogP contribution >= 0.6 is 0 Å². The van der Waals surface area contributed by atoms with Gasteiger partial charge in [-0.15, -0.1) is 10.2 Å². The van der Waals surface area contributed by atoms with Crippen molar-refractivity contribution >= 4 is 5.97 Å². The van der Waals surface area contributed by atoms with Gasteiger partial charge in [-0.2, -0.15) is 0 Å². The summed E-state index contributed by atoms with van der Waals surface area (Å²) in [6, 6.07) is 7.39. The second kappa shape index (κ2) is 6.90. The number of hydrogen-bond acceptors (Lipinski definition) is 6. The van der Waals surface area contributed by atoms with Crippen LogP contribution in [0.5, 0.6) is 5.75 Å². The third-order valence-corrected chi connectivity index (χ3v) is 6.84. The van der Waals surface area contributed by atoms with Crippen LogP contribution in [-0.2, 0) is 16.1 Å². The lowest BCUT2D eigenvalue weighted by Gasteiger charge is -2.56. The van der Waals surface area contributed by atoms with Crippen LogP contribution in [0.4, 0.5) is 0 Å². The van der Waals surface area contributed by atoms with Gasteiger partial charge in [-0.3, -0.25) is 4.79 Å². The Morgan fingerprint density at radius 3 is 2.32 bits per heavy atom. The minimum absolute atomic E-state index is 0.0361. The zero-order valence-corrected chi connectivity index (χ0v) is 16.2. The SMILES string of the molecule is COc1ccc(-c2nnc(COC(=O)CC34CC5CC(CC(C5)C3)C4)o2)cc1. The van der Waals surface area contributed by atoms with E-state index in [1.54, 1.807) is 7.11 Å². The van der Waals surface area contributed by atoms with Crippen molar-refractivity contribution in [2.45, 2.75) is 51.6 Å². The van der Waals surface area contributed by atoms with Gasteiger partial charge in [0.15, 0.2) is 6.61 Å². The van der Waals surface area contributed by atoms with Crippen LogP contribution in [0.2, 0.25) is 0 Å². The van der Waals surface area contributed by atoms with E-state index in [0.29, 0.717) is 18.2 Å². The highest BCUT2D eigenvalue weighted by atomic mass is 16.5. The summed E-state index contributed by atoms with van der Waals surface area (Å²) in [6.07, 6.45) is 8.29. The van der Waals surface area contributed by atoms with Crippen molar-refractivity contribution < 1.29 is 18.7 Å². The molecular formula is C22H26N2O4. The van der Waals surface area contributed by atoms with E-state index in [1.165, 1.54) is 38.5 Å². The first-order valence-electron chi connectivity index (χ1n) is 10.2. The third-order valence-electron chi connectivity index (χ3n) is 6.84. The molecular weight excluding hydrogens is 356 g/mol. The normalized spacial score (nSPS) is 30.4.